The molecule has 0 saturated heterocycles. The number of carboxylic acid groups (broad SMARTS) is 1. The predicted octanol–water partition coefficient (Wildman–Crippen LogP) is 2.44. The van der Waals surface area contributed by atoms with E-state index >= 15 is 0 Å². The molecule has 0 unspecified atom stereocenters. The Morgan fingerprint density at radius 2 is 1.86 bits per heavy atom. The van der Waals surface area contributed by atoms with Crippen LogP contribution >= 0.6 is 0 Å². The van der Waals surface area contributed by atoms with Gasteiger partial charge in [-0.15, -0.1) is 0 Å². The quantitative estimate of drug-likeness (QED) is 0.619. The second-order valence-electron chi connectivity index (χ2n) is 5.70. The van der Waals surface area contributed by atoms with Gasteiger partial charge in [-0.2, -0.15) is 0 Å². The molecule has 0 aliphatic carbocycles. The topological polar surface area (TPSA) is 110 Å². The van der Waals surface area contributed by atoms with Crippen LogP contribution in [-0.4, -0.2) is 27.9 Å². The number of carbonyl (C=O) groups excluding carboxylic acids is 1. The normalized spacial score (nSPS) is 12.0. The zero-order valence-electron chi connectivity index (χ0n) is 13.0. The highest BCUT2D eigenvalue weighted by Crippen LogP contribution is 2.23. The maximum absolute atomic E-state index is 12.3. The van der Waals surface area contributed by atoms with Crippen molar-refractivity contribution in [2.24, 2.45) is 5.92 Å². The number of hydrogen-bond donors (Lipinski definition) is 2. The van der Waals surface area contributed by atoms with E-state index in [0.29, 0.717) is 11.1 Å². The Hall–Kier alpha value is -2.44. The van der Waals surface area contributed by atoms with E-state index in [1.165, 1.54) is 6.07 Å². The lowest BCUT2D eigenvalue weighted by Gasteiger charge is -2.17. The summed E-state index contributed by atoms with van der Waals surface area (Å²) in [6.07, 6.45) is 0.286. The fourth-order valence-electron chi connectivity index (χ4n) is 2.21. The Bertz CT molecular complexity index is 610. The molecule has 22 heavy (non-hydrogen) atoms. The summed E-state index contributed by atoms with van der Waals surface area (Å²) in [5.41, 5.74) is 0.976. The lowest BCUT2D eigenvalue weighted by atomic mass is 10.0. The van der Waals surface area contributed by atoms with Crippen LogP contribution in [0, 0.1) is 29.9 Å². The number of nitro groups is 1. The third kappa shape index (κ3) is 4.28. The van der Waals surface area contributed by atoms with Gasteiger partial charge in [-0.05, 0) is 37.8 Å². The number of carbonyl (C=O) groups is 2. The summed E-state index contributed by atoms with van der Waals surface area (Å²) in [6.45, 7) is 6.95. The SMILES string of the molecule is Cc1cc(C)c([N+](=O)[O-])cc1C(=O)N[C@H](CC(C)C)C(=O)O. The Labute approximate surface area is 128 Å². The van der Waals surface area contributed by atoms with Gasteiger partial charge in [0.15, 0.2) is 0 Å². The molecular weight excluding hydrogens is 288 g/mol. The summed E-state index contributed by atoms with van der Waals surface area (Å²) in [5.74, 6) is -1.65. The first-order valence-electron chi connectivity index (χ1n) is 6.92. The van der Waals surface area contributed by atoms with E-state index in [9.17, 15) is 19.7 Å². The maximum atomic E-state index is 12.3. The van der Waals surface area contributed by atoms with Gasteiger partial charge in [0.05, 0.1) is 4.92 Å². The zero-order valence-corrected chi connectivity index (χ0v) is 13.0. The van der Waals surface area contributed by atoms with Crippen LogP contribution in [0.2, 0.25) is 0 Å². The molecule has 0 spiro atoms. The molecule has 0 aromatic heterocycles. The first kappa shape index (κ1) is 17.6. The van der Waals surface area contributed by atoms with Crippen LogP contribution in [0.15, 0.2) is 12.1 Å². The third-order valence-electron chi connectivity index (χ3n) is 3.29. The van der Waals surface area contributed by atoms with Gasteiger partial charge in [-0.25, -0.2) is 4.79 Å². The Balaban J connectivity index is 3.09. The average Bonchev–Trinajstić information content (AvgIpc) is 2.36. The molecule has 0 bridgehead atoms. The number of rotatable bonds is 6. The van der Waals surface area contributed by atoms with Gasteiger partial charge in [0.25, 0.3) is 11.6 Å². The number of benzene rings is 1. The summed E-state index contributed by atoms with van der Waals surface area (Å²) in [6, 6.07) is 1.71. The fourth-order valence-corrected chi connectivity index (χ4v) is 2.21. The van der Waals surface area contributed by atoms with Gasteiger partial charge in [0.1, 0.15) is 6.04 Å². The molecular formula is C15H20N2O5. The largest absolute Gasteiger partial charge is 0.480 e. The van der Waals surface area contributed by atoms with Crippen molar-refractivity contribution in [1.29, 1.82) is 0 Å². The molecule has 1 atom stereocenters. The molecule has 1 amide bonds. The molecule has 2 N–H and O–H groups in total. The molecule has 0 radical (unpaired) electrons. The van der Waals surface area contributed by atoms with Crippen molar-refractivity contribution in [3.63, 3.8) is 0 Å². The number of nitrogens with zero attached hydrogens (tertiary/aromatic N) is 1. The van der Waals surface area contributed by atoms with E-state index in [4.69, 9.17) is 5.11 Å². The van der Waals surface area contributed by atoms with Crippen LogP contribution in [0.5, 0.6) is 0 Å². The number of aliphatic carboxylic acids is 1. The lowest BCUT2D eigenvalue weighted by molar-refractivity contribution is -0.385. The standard InChI is InChI=1S/C15H20N2O5/c1-8(2)5-12(15(19)20)16-14(18)11-7-13(17(21)22)10(4)6-9(11)3/h6-8,12H,5H2,1-4H3,(H,16,18)(H,19,20)/t12-/m1/s1. The lowest BCUT2D eigenvalue weighted by Crippen LogP contribution is -2.41. The molecule has 0 fully saturated rings. The number of hydrogen-bond acceptors (Lipinski definition) is 4. The number of aryl methyl sites for hydroxylation is 2. The highest BCUT2D eigenvalue weighted by Gasteiger charge is 2.24. The van der Waals surface area contributed by atoms with Crippen molar-refractivity contribution in [3.05, 3.63) is 38.9 Å². The van der Waals surface area contributed by atoms with Crippen LogP contribution in [0.1, 0.15) is 41.8 Å². The van der Waals surface area contributed by atoms with Crippen molar-refractivity contribution < 1.29 is 19.6 Å². The van der Waals surface area contributed by atoms with Crippen LogP contribution in [-0.2, 0) is 4.79 Å². The number of nitro benzene ring substituents is 1. The van der Waals surface area contributed by atoms with Crippen molar-refractivity contribution >= 4 is 17.6 Å². The molecule has 0 aliphatic heterocycles. The minimum Gasteiger partial charge on any atom is -0.480 e. The van der Waals surface area contributed by atoms with Crippen LogP contribution in [0.25, 0.3) is 0 Å². The van der Waals surface area contributed by atoms with E-state index < -0.39 is 22.8 Å². The second-order valence-corrected chi connectivity index (χ2v) is 5.70. The minimum absolute atomic E-state index is 0.0925. The van der Waals surface area contributed by atoms with Gasteiger partial charge in [0.2, 0.25) is 0 Å². The molecule has 0 heterocycles. The molecule has 0 aliphatic rings. The predicted molar refractivity (Wildman–Crippen MR) is 80.9 cm³/mol. The number of nitrogens with one attached hydrogen (secondary N) is 1. The highest BCUT2D eigenvalue weighted by molar-refractivity contribution is 5.98. The zero-order chi connectivity index (χ0) is 17.0. The summed E-state index contributed by atoms with van der Waals surface area (Å²) < 4.78 is 0. The molecule has 1 aromatic rings. The number of carboxylic acids is 1. The number of amides is 1. The van der Waals surface area contributed by atoms with E-state index in [-0.39, 0.29) is 23.6 Å². The molecule has 1 rings (SSSR count). The summed E-state index contributed by atoms with van der Waals surface area (Å²) in [7, 11) is 0. The summed E-state index contributed by atoms with van der Waals surface area (Å²) in [5, 5.41) is 22.5. The first-order chi connectivity index (χ1) is 10.1. The monoisotopic (exact) mass is 308 g/mol. The second kappa shape index (κ2) is 7.02. The van der Waals surface area contributed by atoms with Crippen LogP contribution < -0.4 is 5.32 Å². The molecule has 1 aromatic carbocycles. The van der Waals surface area contributed by atoms with E-state index in [2.05, 4.69) is 5.32 Å². The average molecular weight is 308 g/mol. The van der Waals surface area contributed by atoms with E-state index in [1.54, 1.807) is 19.9 Å². The van der Waals surface area contributed by atoms with Crippen molar-refractivity contribution in [2.75, 3.05) is 0 Å². The molecule has 7 nitrogen and oxygen atoms in total. The van der Waals surface area contributed by atoms with Gasteiger partial charge in [-0.1, -0.05) is 13.8 Å². The minimum atomic E-state index is -1.12. The Morgan fingerprint density at radius 3 is 2.32 bits per heavy atom. The smallest absolute Gasteiger partial charge is 0.326 e. The van der Waals surface area contributed by atoms with Crippen molar-refractivity contribution in [3.8, 4) is 0 Å². The van der Waals surface area contributed by atoms with Gasteiger partial charge in [0, 0.05) is 17.2 Å². The summed E-state index contributed by atoms with van der Waals surface area (Å²) in [4.78, 5) is 33.8. The first-order valence-corrected chi connectivity index (χ1v) is 6.92. The molecule has 120 valence electrons. The Kier molecular flexibility index (Phi) is 5.62. The Morgan fingerprint density at radius 1 is 1.27 bits per heavy atom. The summed E-state index contributed by atoms with van der Waals surface area (Å²) >= 11 is 0. The molecule has 7 heteroatoms. The van der Waals surface area contributed by atoms with Gasteiger partial charge < -0.3 is 10.4 Å². The fraction of sp³-hybridized carbons (Fsp3) is 0.467. The van der Waals surface area contributed by atoms with Crippen LogP contribution in [0.3, 0.4) is 0 Å². The van der Waals surface area contributed by atoms with Crippen molar-refractivity contribution in [2.45, 2.75) is 40.2 Å². The van der Waals surface area contributed by atoms with Crippen molar-refractivity contribution in [1.82, 2.24) is 5.32 Å². The third-order valence-corrected chi connectivity index (χ3v) is 3.29. The van der Waals surface area contributed by atoms with Gasteiger partial charge in [-0.3, -0.25) is 14.9 Å². The highest BCUT2D eigenvalue weighted by atomic mass is 16.6. The van der Waals surface area contributed by atoms with E-state index in [0.717, 1.165) is 0 Å². The van der Waals surface area contributed by atoms with Crippen LogP contribution in [0.4, 0.5) is 5.69 Å². The van der Waals surface area contributed by atoms with E-state index in [1.807, 2.05) is 13.8 Å². The molecule has 0 saturated carbocycles. The van der Waals surface area contributed by atoms with Gasteiger partial charge >= 0.3 is 5.97 Å². The maximum Gasteiger partial charge on any atom is 0.326 e.